The second-order valence-corrected chi connectivity index (χ2v) is 9.17. The number of hydrogen-bond acceptors (Lipinski definition) is 2. The van der Waals surface area contributed by atoms with Gasteiger partial charge >= 0.3 is 6.03 Å². The van der Waals surface area contributed by atoms with E-state index in [-0.39, 0.29) is 11.8 Å². The largest absolute Gasteiger partial charge is 0.322 e. The minimum atomic E-state index is -0.313. The average Bonchev–Trinajstić information content (AvgIpc) is 2.87. The first kappa shape index (κ1) is 24.0. The van der Waals surface area contributed by atoms with Crippen molar-refractivity contribution in [2.45, 2.75) is 32.2 Å². The molecule has 2 amide bonds. The third-order valence-corrected chi connectivity index (χ3v) is 6.58. The fourth-order valence-corrected chi connectivity index (χ4v) is 4.64. The lowest BCUT2D eigenvalue weighted by atomic mass is 9.90. The molecule has 1 aliphatic rings. The summed E-state index contributed by atoms with van der Waals surface area (Å²) in [5, 5.41) is 2.91. The number of likely N-dealkylation sites (tertiary alicyclic amines) is 1. The minimum absolute atomic E-state index is 0.156. The zero-order chi connectivity index (χ0) is 23.6. The molecule has 3 aromatic rings. The van der Waals surface area contributed by atoms with Gasteiger partial charge in [-0.3, -0.25) is 0 Å². The molecule has 4 rings (SSSR count). The van der Waals surface area contributed by atoms with Crippen LogP contribution in [0, 0.1) is 11.7 Å². The van der Waals surface area contributed by atoms with Gasteiger partial charge in [-0.15, -0.1) is 0 Å². The second-order valence-electron chi connectivity index (χ2n) is 9.17. The van der Waals surface area contributed by atoms with Crippen LogP contribution in [0.25, 0.3) is 0 Å². The van der Waals surface area contributed by atoms with Gasteiger partial charge in [0.05, 0.1) is 0 Å². The topological polar surface area (TPSA) is 35.6 Å². The van der Waals surface area contributed by atoms with Crippen molar-refractivity contribution in [1.82, 2.24) is 9.80 Å². The molecule has 0 unspecified atom stereocenters. The molecule has 0 spiro atoms. The van der Waals surface area contributed by atoms with Crippen LogP contribution < -0.4 is 5.32 Å². The molecule has 34 heavy (non-hydrogen) atoms. The summed E-state index contributed by atoms with van der Waals surface area (Å²) in [5.41, 5.74) is 3.13. The maximum absolute atomic E-state index is 13.2. The van der Waals surface area contributed by atoms with Crippen molar-refractivity contribution < 1.29 is 9.18 Å². The predicted molar refractivity (Wildman–Crippen MR) is 136 cm³/mol. The van der Waals surface area contributed by atoms with E-state index in [9.17, 15) is 9.18 Å². The smallest absolute Gasteiger partial charge is 0.320 e. The van der Waals surface area contributed by atoms with Gasteiger partial charge in [-0.25, -0.2) is 9.18 Å². The Labute approximate surface area is 202 Å². The van der Waals surface area contributed by atoms with Gasteiger partial charge < -0.3 is 15.1 Å². The van der Waals surface area contributed by atoms with Crippen molar-refractivity contribution in [3.8, 4) is 0 Å². The van der Waals surface area contributed by atoms with Gasteiger partial charge in [0.25, 0.3) is 0 Å². The molecule has 1 saturated heterocycles. The highest BCUT2D eigenvalue weighted by atomic mass is 19.1. The number of halogens is 1. The molecular formula is C29H34FN3O. The first-order chi connectivity index (χ1) is 16.7. The number of hydrogen-bond donors (Lipinski definition) is 1. The van der Waals surface area contributed by atoms with Crippen LogP contribution in [-0.4, -0.2) is 42.0 Å². The minimum Gasteiger partial charge on any atom is -0.320 e. The number of nitrogens with one attached hydrogen (secondary N) is 1. The van der Waals surface area contributed by atoms with Crippen LogP contribution in [0.15, 0.2) is 84.9 Å². The molecule has 1 heterocycles. The zero-order valence-electron chi connectivity index (χ0n) is 19.7. The molecule has 0 bridgehead atoms. The molecule has 1 fully saturated rings. The lowest BCUT2D eigenvalue weighted by Crippen LogP contribution is -2.39. The van der Waals surface area contributed by atoms with Gasteiger partial charge in [-0.1, -0.05) is 60.7 Å². The number of amides is 2. The Kier molecular flexibility index (Phi) is 8.69. The number of benzene rings is 3. The van der Waals surface area contributed by atoms with Gasteiger partial charge in [0.2, 0.25) is 0 Å². The number of urea groups is 1. The summed E-state index contributed by atoms with van der Waals surface area (Å²) >= 11 is 0. The first-order valence-electron chi connectivity index (χ1n) is 12.3. The Bertz CT molecular complexity index is 1000. The molecule has 0 radical (unpaired) electrons. The van der Waals surface area contributed by atoms with Crippen LogP contribution in [0.4, 0.5) is 14.9 Å². The zero-order valence-corrected chi connectivity index (χ0v) is 19.7. The Morgan fingerprint density at radius 2 is 1.50 bits per heavy atom. The monoisotopic (exact) mass is 459 g/mol. The SMILES string of the molecule is O=C(Nc1ccc(F)cc1)N(CCCN1CCC(Cc2ccccc2)CC1)Cc1ccccc1. The summed E-state index contributed by atoms with van der Waals surface area (Å²) in [5.74, 6) is 0.446. The van der Waals surface area contributed by atoms with E-state index in [2.05, 4.69) is 40.5 Å². The molecule has 3 aromatic carbocycles. The van der Waals surface area contributed by atoms with E-state index < -0.39 is 0 Å². The molecule has 1 aliphatic heterocycles. The summed E-state index contributed by atoms with van der Waals surface area (Å²) < 4.78 is 13.2. The lowest BCUT2D eigenvalue weighted by molar-refractivity contribution is 0.170. The van der Waals surface area contributed by atoms with Crippen molar-refractivity contribution in [2.24, 2.45) is 5.92 Å². The van der Waals surface area contributed by atoms with Gasteiger partial charge in [-0.2, -0.15) is 0 Å². The number of anilines is 1. The summed E-state index contributed by atoms with van der Waals surface area (Å²) in [7, 11) is 0. The molecule has 0 aliphatic carbocycles. The fraction of sp³-hybridized carbons (Fsp3) is 0.345. The number of rotatable bonds is 9. The van der Waals surface area contributed by atoms with E-state index in [1.807, 2.05) is 35.2 Å². The summed E-state index contributed by atoms with van der Waals surface area (Å²) in [6, 6.07) is 26.6. The van der Waals surface area contributed by atoms with Gasteiger partial charge in [0, 0.05) is 18.8 Å². The molecule has 0 aromatic heterocycles. The summed E-state index contributed by atoms with van der Waals surface area (Å²) in [6.07, 6.45) is 4.55. The molecular weight excluding hydrogens is 425 g/mol. The van der Waals surface area contributed by atoms with Crippen molar-refractivity contribution in [2.75, 3.05) is 31.5 Å². The summed E-state index contributed by atoms with van der Waals surface area (Å²) in [6.45, 7) is 4.46. The van der Waals surface area contributed by atoms with Gasteiger partial charge in [0.1, 0.15) is 5.82 Å². The highest BCUT2D eigenvalue weighted by Gasteiger charge is 2.20. The third-order valence-electron chi connectivity index (χ3n) is 6.58. The van der Waals surface area contributed by atoms with Crippen LogP contribution >= 0.6 is 0 Å². The van der Waals surface area contributed by atoms with Crippen molar-refractivity contribution in [3.05, 3.63) is 102 Å². The fourth-order valence-electron chi connectivity index (χ4n) is 4.64. The van der Waals surface area contributed by atoms with Gasteiger partial charge in [0.15, 0.2) is 0 Å². The molecule has 1 N–H and O–H groups in total. The average molecular weight is 460 g/mol. The Balaban J connectivity index is 1.26. The quantitative estimate of drug-likeness (QED) is 0.413. The molecule has 0 saturated carbocycles. The lowest BCUT2D eigenvalue weighted by Gasteiger charge is -2.32. The number of nitrogens with zero attached hydrogens (tertiary/aromatic N) is 2. The second kappa shape index (κ2) is 12.3. The standard InChI is InChI=1S/C29H34FN3O/c30-27-12-14-28(15-13-27)31-29(34)33(23-26-10-5-2-6-11-26)19-7-18-32-20-16-25(17-21-32)22-24-8-3-1-4-9-24/h1-6,8-15,25H,7,16-23H2,(H,31,34). The van der Waals surface area contributed by atoms with Crippen LogP contribution in [0.2, 0.25) is 0 Å². The van der Waals surface area contributed by atoms with Crippen LogP contribution in [-0.2, 0) is 13.0 Å². The molecule has 178 valence electrons. The van der Waals surface area contributed by atoms with Crippen molar-refractivity contribution >= 4 is 11.7 Å². The number of carbonyl (C=O) groups is 1. The van der Waals surface area contributed by atoms with E-state index in [1.165, 1.54) is 37.0 Å². The molecule has 0 atom stereocenters. The van der Waals surface area contributed by atoms with Crippen LogP contribution in [0.1, 0.15) is 30.4 Å². The Morgan fingerprint density at radius 1 is 0.882 bits per heavy atom. The first-order valence-corrected chi connectivity index (χ1v) is 12.3. The van der Waals surface area contributed by atoms with Crippen LogP contribution in [0.3, 0.4) is 0 Å². The Morgan fingerprint density at radius 3 is 2.15 bits per heavy atom. The van der Waals surface area contributed by atoms with Crippen LogP contribution in [0.5, 0.6) is 0 Å². The predicted octanol–water partition coefficient (Wildman–Crippen LogP) is 6.20. The van der Waals surface area contributed by atoms with Crippen molar-refractivity contribution in [1.29, 1.82) is 0 Å². The third kappa shape index (κ3) is 7.42. The highest BCUT2D eigenvalue weighted by molar-refractivity contribution is 5.89. The Hall–Kier alpha value is -3.18. The number of piperidine rings is 1. The van der Waals surface area contributed by atoms with E-state index in [1.54, 1.807) is 12.1 Å². The van der Waals surface area contributed by atoms with E-state index in [0.29, 0.717) is 18.8 Å². The number of carbonyl (C=O) groups excluding carboxylic acids is 1. The maximum atomic E-state index is 13.2. The highest BCUT2D eigenvalue weighted by Crippen LogP contribution is 2.22. The van der Waals surface area contributed by atoms with E-state index >= 15 is 0 Å². The summed E-state index contributed by atoms with van der Waals surface area (Å²) in [4.78, 5) is 17.4. The van der Waals surface area contributed by atoms with E-state index in [4.69, 9.17) is 0 Å². The molecule has 5 heteroatoms. The maximum Gasteiger partial charge on any atom is 0.322 e. The van der Waals surface area contributed by atoms with Gasteiger partial charge in [-0.05, 0) is 86.6 Å². The van der Waals surface area contributed by atoms with Crippen molar-refractivity contribution in [3.63, 3.8) is 0 Å². The normalized spacial score (nSPS) is 14.6. The molecule has 4 nitrogen and oxygen atoms in total. The van der Waals surface area contributed by atoms with E-state index in [0.717, 1.165) is 37.5 Å².